The number of hydrogen-bond donors (Lipinski definition) is 5. The van der Waals surface area contributed by atoms with Gasteiger partial charge in [0.05, 0.1) is 20.3 Å². The number of benzene rings is 1. The number of aliphatic hydroxyl groups is 5. The third-order valence-electron chi connectivity index (χ3n) is 4.22. The second-order valence-electron chi connectivity index (χ2n) is 6.42. The number of aliphatic hydroxyl groups excluding tert-OH is 5. The van der Waals surface area contributed by atoms with Crippen LogP contribution in [0.3, 0.4) is 0 Å². The number of esters is 1. The topological polar surface area (TPSA) is 155 Å². The molecule has 6 atom stereocenters. The van der Waals surface area contributed by atoms with Gasteiger partial charge in [-0.25, -0.2) is 4.79 Å². The number of carbonyl (C=O) groups excluding carboxylic acids is 1. The highest BCUT2D eigenvalue weighted by atomic mass is 16.7. The van der Waals surface area contributed by atoms with Crippen molar-refractivity contribution in [2.24, 2.45) is 0 Å². The zero-order valence-electron chi connectivity index (χ0n) is 15.8. The number of ether oxygens (including phenoxy) is 4. The van der Waals surface area contributed by atoms with Crippen LogP contribution in [0.4, 0.5) is 0 Å². The predicted octanol–water partition coefficient (Wildman–Crippen LogP) is -1.57. The van der Waals surface area contributed by atoms with Gasteiger partial charge in [0, 0.05) is 6.08 Å². The van der Waals surface area contributed by atoms with Crippen LogP contribution in [0.1, 0.15) is 5.56 Å². The quantitative estimate of drug-likeness (QED) is 0.236. The van der Waals surface area contributed by atoms with E-state index in [9.17, 15) is 25.2 Å². The Kier molecular flexibility index (Phi) is 8.99. The number of rotatable bonds is 9. The molecule has 2 rings (SSSR count). The van der Waals surface area contributed by atoms with Gasteiger partial charge in [-0.1, -0.05) is 12.1 Å². The molecule has 1 saturated heterocycles. The highest BCUT2D eigenvalue weighted by molar-refractivity contribution is 5.87. The van der Waals surface area contributed by atoms with Gasteiger partial charge in [-0.2, -0.15) is 0 Å². The van der Waals surface area contributed by atoms with E-state index in [4.69, 9.17) is 24.1 Å². The van der Waals surface area contributed by atoms with Crippen LogP contribution < -0.4 is 4.74 Å². The van der Waals surface area contributed by atoms with Crippen LogP contribution in [-0.4, -0.2) is 95.2 Å². The first kappa shape index (κ1) is 23.2. The third kappa shape index (κ3) is 6.75. The summed E-state index contributed by atoms with van der Waals surface area (Å²) in [5.74, 6) is -0.0407. The first-order chi connectivity index (χ1) is 13.8. The van der Waals surface area contributed by atoms with Crippen molar-refractivity contribution in [2.75, 3.05) is 26.9 Å². The maximum absolute atomic E-state index is 11.7. The van der Waals surface area contributed by atoms with Crippen molar-refractivity contribution in [3.05, 3.63) is 35.9 Å². The Labute approximate surface area is 167 Å². The molecule has 162 valence electrons. The molecule has 1 aliphatic rings. The van der Waals surface area contributed by atoms with Crippen molar-refractivity contribution in [3.8, 4) is 5.75 Å². The van der Waals surface area contributed by atoms with Crippen molar-refractivity contribution in [1.82, 2.24) is 0 Å². The molecule has 10 heteroatoms. The molecule has 1 aromatic carbocycles. The summed E-state index contributed by atoms with van der Waals surface area (Å²) in [5, 5.41) is 48.2. The molecular formula is C19H26O10. The zero-order valence-corrected chi connectivity index (χ0v) is 15.8. The van der Waals surface area contributed by atoms with Gasteiger partial charge in [0.25, 0.3) is 0 Å². The van der Waals surface area contributed by atoms with Crippen molar-refractivity contribution >= 4 is 12.0 Å². The van der Waals surface area contributed by atoms with Crippen LogP contribution >= 0.6 is 0 Å². The van der Waals surface area contributed by atoms with Gasteiger partial charge in [-0.15, -0.1) is 0 Å². The monoisotopic (exact) mass is 414 g/mol. The molecular weight excluding hydrogens is 388 g/mol. The predicted molar refractivity (Wildman–Crippen MR) is 98.7 cm³/mol. The molecule has 0 amide bonds. The van der Waals surface area contributed by atoms with Crippen LogP contribution in [0, 0.1) is 0 Å². The summed E-state index contributed by atoms with van der Waals surface area (Å²) < 4.78 is 20.3. The standard InChI is InChI=1S/C19H26O10/c1-26-13-4-2-3-11(7-13)5-6-15(22)27-9-12(21)10-28-19-18(25)17(24)16(23)14(8-20)29-19/h2-7,12,14,16-21,23-25H,8-10H2,1H3/b6-5+/t12-,14?,16?,17?,18?,19?/m1/s1. The molecule has 1 aliphatic heterocycles. The summed E-state index contributed by atoms with van der Waals surface area (Å²) in [6.45, 7) is -1.35. The maximum Gasteiger partial charge on any atom is 0.330 e. The minimum Gasteiger partial charge on any atom is -0.497 e. The van der Waals surface area contributed by atoms with E-state index in [0.717, 1.165) is 5.56 Å². The average molecular weight is 414 g/mol. The summed E-state index contributed by atoms with van der Waals surface area (Å²) in [5.41, 5.74) is 0.729. The number of hydrogen-bond acceptors (Lipinski definition) is 10. The van der Waals surface area contributed by atoms with Crippen LogP contribution in [0.25, 0.3) is 6.08 Å². The largest absolute Gasteiger partial charge is 0.497 e. The van der Waals surface area contributed by atoms with E-state index in [1.807, 2.05) is 0 Å². The fourth-order valence-corrected chi connectivity index (χ4v) is 2.60. The highest BCUT2D eigenvalue weighted by Gasteiger charge is 2.44. The Morgan fingerprint density at radius 3 is 2.66 bits per heavy atom. The highest BCUT2D eigenvalue weighted by Crippen LogP contribution is 2.22. The second kappa shape index (κ2) is 11.2. The summed E-state index contributed by atoms with van der Waals surface area (Å²) in [6, 6.07) is 7.04. The van der Waals surface area contributed by atoms with Crippen molar-refractivity contribution in [1.29, 1.82) is 0 Å². The molecule has 1 fully saturated rings. The first-order valence-electron chi connectivity index (χ1n) is 8.94. The van der Waals surface area contributed by atoms with Crippen molar-refractivity contribution < 1.29 is 49.3 Å². The molecule has 0 spiro atoms. The number of carbonyl (C=O) groups is 1. The van der Waals surface area contributed by atoms with Gasteiger partial charge in [-0.3, -0.25) is 0 Å². The van der Waals surface area contributed by atoms with Gasteiger partial charge < -0.3 is 44.5 Å². The Hall–Kier alpha value is -2.05. The van der Waals surface area contributed by atoms with E-state index in [-0.39, 0.29) is 13.2 Å². The molecule has 5 N–H and O–H groups in total. The van der Waals surface area contributed by atoms with E-state index in [1.54, 1.807) is 24.3 Å². The number of methoxy groups -OCH3 is 1. The Morgan fingerprint density at radius 1 is 1.21 bits per heavy atom. The van der Waals surface area contributed by atoms with E-state index >= 15 is 0 Å². The Balaban J connectivity index is 1.75. The maximum atomic E-state index is 11.7. The lowest BCUT2D eigenvalue weighted by Gasteiger charge is -2.39. The van der Waals surface area contributed by atoms with Crippen LogP contribution in [0.5, 0.6) is 5.75 Å². The van der Waals surface area contributed by atoms with E-state index in [1.165, 1.54) is 19.3 Å². The fraction of sp³-hybridized carbons (Fsp3) is 0.526. The van der Waals surface area contributed by atoms with Gasteiger partial charge in [0.2, 0.25) is 0 Å². The SMILES string of the molecule is COc1cccc(/C=C/C(=O)OC[C@@H](O)COC2OC(CO)C(O)C(O)C2O)c1. The van der Waals surface area contributed by atoms with Crippen molar-refractivity contribution in [2.45, 2.75) is 36.8 Å². The molecule has 29 heavy (non-hydrogen) atoms. The van der Waals surface area contributed by atoms with Gasteiger partial charge >= 0.3 is 5.97 Å². The Morgan fingerprint density at radius 2 is 1.97 bits per heavy atom. The fourth-order valence-electron chi connectivity index (χ4n) is 2.60. The molecule has 0 aromatic heterocycles. The molecule has 0 radical (unpaired) electrons. The molecule has 5 unspecified atom stereocenters. The van der Waals surface area contributed by atoms with Crippen molar-refractivity contribution in [3.63, 3.8) is 0 Å². The summed E-state index contributed by atoms with van der Waals surface area (Å²) >= 11 is 0. The van der Waals surface area contributed by atoms with Gasteiger partial charge in [0.1, 0.15) is 42.9 Å². The lowest BCUT2D eigenvalue weighted by Crippen LogP contribution is -2.59. The smallest absolute Gasteiger partial charge is 0.330 e. The minimum atomic E-state index is -1.58. The van der Waals surface area contributed by atoms with Crippen LogP contribution in [0.2, 0.25) is 0 Å². The minimum absolute atomic E-state index is 0.376. The molecule has 0 aliphatic carbocycles. The average Bonchev–Trinajstić information content (AvgIpc) is 2.74. The molecule has 10 nitrogen and oxygen atoms in total. The zero-order chi connectivity index (χ0) is 21.4. The van der Waals surface area contributed by atoms with Crippen LogP contribution in [0.15, 0.2) is 30.3 Å². The van der Waals surface area contributed by atoms with Crippen LogP contribution in [-0.2, 0) is 19.0 Å². The van der Waals surface area contributed by atoms with Gasteiger partial charge in [-0.05, 0) is 23.8 Å². The molecule has 0 bridgehead atoms. The van der Waals surface area contributed by atoms with E-state index in [2.05, 4.69) is 0 Å². The van der Waals surface area contributed by atoms with Gasteiger partial charge in [0.15, 0.2) is 6.29 Å². The van der Waals surface area contributed by atoms with E-state index < -0.39 is 49.4 Å². The third-order valence-corrected chi connectivity index (χ3v) is 4.22. The summed E-state index contributed by atoms with van der Waals surface area (Å²) in [6.07, 6.45) is -5.65. The lowest BCUT2D eigenvalue weighted by atomic mass is 9.99. The Bertz CT molecular complexity index is 677. The molecule has 1 heterocycles. The lowest BCUT2D eigenvalue weighted by molar-refractivity contribution is -0.304. The second-order valence-corrected chi connectivity index (χ2v) is 6.42. The first-order valence-corrected chi connectivity index (χ1v) is 8.94. The molecule has 0 saturated carbocycles. The normalized spacial score (nSPS) is 28.3. The van der Waals surface area contributed by atoms with E-state index in [0.29, 0.717) is 5.75 Å². The molecule has 1 aromatic rings. The summed E-state index contributed by atoms with van der Waals surface area (Å²) in [4.78, 5) is 11.7. The summed E-state index contributed by atoms with van der Waals surface area (Å²) in [7, 11) is 1.53.